The van der Waals surface area contributed by atoms with E-state index < -0.39 is 0 Å². The Hall–Kier alpha value is -0.610. The zero-order chi connectivity index (χ0) is 9.80. The van der Waals surface area contributed by atoms with Crippen LogP contribution < -0.4 is 16.0 Å². The Morgan fingerprint density at radius 1 is 1.36 bits per heavy atom. The minimum atomic E-state index is 0.0665. The first kappa shape index (κ1) is 9.93. The Morgan fingerprint density at radius 3 is 2.79 bits per heavy atom. The molecule has 0 saturated carbocycles. The molecule has 0 unspecified atom stereocenters. The molecule has 4 heteroatoms. The molecule has 3 N–H and O–H groups in total. The van der Waals surface area contributed by atoms with E-state index >= 15 is 0 Å². The van der Waals surface area contributed by atoms with Gasteiger partial charge in [0.15, 0.2) is 0 Å². The van der Waals surface area contributed by atoms with Gasteiger partial charge in [-0.2, -0.15) is 0 Å². The Bertz CT molecular complexity index is 198. The van der Waals surface area contributed by atoms with E-state index in [9.17, 15) is 4.79 Å². The van der Waals surface area contributed by atoms with Crippen LogP contribution in [-0.2, 0) is 4.79 Å². The molecule has 0 bridgehead atoms. The summed E-state index contributed by atoms with van der Waals surface area (Å²) < 4.78 is 0. The summed E-state index contributed by atoms with van der Waals surface area (Å²) in [4.78, 5) is 11.6. The van der Waals surface area contributed by atoms with Crippen molar-refractivity contribution < 1.29 is 4.79 Å². The van der Waals surface area contributed by atoms with Gasteiger partial charge in [0, 0.05) is 25.6 Å². The van der Waals surface area contributed by atoms with Crippen molar-refractivity contribution in [2.45, 2.75) is 25.3 Å². The van der Waals surface area contributed by atoms with Gasteiger partial charge in [-0.25, -0.2) is 0 Å². The maximum Gasteiger partial charge on any atom is 0.237 e. The van der Waals surface area contributed by atoms with Gasteiger partial charge < -0.3 is 16.0 Å². The number of rotatable bonds is 3. The minimum absolute atomic E-state index is 0.0665. The molecule has 0 radical (unpaired) electrons. The van der Waals surface area contributed by atoms with Crippen LogP contribution in [-0.4, -0.2) is 38.1 Å². The summed E-state index contributed by atoms with van der Waals surface area (Å²) in [6.45, 7) is 3.93. The van der Waals surface area contributed by atoms with E-state index in [0.717, 1.165) is 32.6 Å². The first-order chi connectivity index (χ1) is 6.86. The molecule has 2 fully saturated rings. The molecular weight excluding hydrogens is 178 g/mol. The van der Waals surface area contributed by atoms with Crippen LogP contribution in [0.2, 0.25) is 0 Å². The average Bonchev–Trinajstić information content (AvgIpc) is 2.16. The highest BCUT2D eigenvalue weighted by atomic mass is 16.2. The molecule has 2 aliphatic heterocycles. The second kappa shape index (κ2) is 4.75. The molecule has 4 nitrogen and oxygen atoms in total. The summed E-state index contributed by atoms with van der Waals surface area (Å²) in [6, 6.07) is 0.0665. The summed E-state index contributed by atoms with van der Waals surface area (Å²) in [6.07, 6.45) is 3.38. The van der Waals surface area contributed by atoms with E-state index in [-0.39, 0.29) is 11.9 Å². The fourth-order valence-corrected chi connectivity index (χ4v) is 1.94. The predicted molar refractivity (Wildman–Crippen MR) is 55.0 cm³/mol. The van der Waals surface area contributed by atoms with Crippen molar-refractivity contribution in [3.8, 4) is 0 Å². The number of nitrogens with one attached hydrogen (secondary N) is 3. The van der Waals surface area contributed by atoms with Gasteiger partial charge in [-0.1, -0.05) is 6.42 Å². The van der Waals surface area contributed by atoms with Crippen molar-refractivity contribution in [2.24, 2.45) is 5.92 Å². The van der Waals surface area contributed by atoms with Gasteiger partial charge >= 0.3 is 0 Å². The van der Waals surface area contributed by atoms with Gasteiger partial charge in [-0.3, -0.25) is 4.79 Å². The molecule has 2 saturated heterocycles. The van der Waals surface area contributed by atoms with Gasteiger partial charge in [-0.15, -0.1) is 0 Å². The molecule has 0 spiro atoms. The Morgan fingerprint density at radius 2 is 2.21 bits per heavy atom. The molecular formula is C10H19N3O. The number of hydrogen-bond acceptors (Lipinski definition) is 3. The zero-order valence-electron chi connectivity index (χ0n) is 8.51. The van der Waals surface area contributed by atoms with Crippen LogP contribution in [0.5, 0.6) is 0 Å². The number of carbonyl (C=O) groups is 1. The summed E-state index contributed by atoms with van der Waals surface area (Å²) in [5, 5.41) is 9.46. The number of hydrogen-bond donors (Lipinski definition) is 3. The number of piperidine rings is 1. The SMILES string of the molecule is O=C(NCC1CNC1)[C@H]1CCCCN1. The van der Waals surface area contributed by atoms with Gasteiger partial charge in [0.25, 0.3) is 0 Å². The van der Waals surface area contributed by atoms with E-state index in [1.54, 1.807) is 0 Å². The molecule has 2 rings (SSSR count). The molecule has 0 aromatic carbocycles. The normalized spacial score (nSPS) is 28.1. The number of amides is 1. The Labute approximate surface area is 84.8 Å². The van der Waals surface area contributed by atoms with Crippen molar-refractivity contribution in [3.63, 3.8) is 0 Å². The lowest BCUT2D eigenvalue weighted by atomic mass is 10.0. The van der Waals surface area contributed by atoms with Crippen LogP contribution in [0, 0.1) is 5.92 Å². The fourth-order valence-electron chi connectivity index (χ4n) is 1.94. The summed E-state index contributed by atoms with van der Waals surface area (Å²) in [5.74, 6) is 0.846. The minimum Gasteiger partial charge on any atom is -0.354 e. The molecule has 1 atom stereocenters. The molecule has 0 aromatic rings. The largest absolute Gasteiger partial charge is 0.354 e. The van der Waals surface area contributed by atoms with Crippen LogP contribution in [0.25, 0.3) is 0 Å². The van der Waals surface area contributed by atoms with Crippen molar-refractivity contribution in [3.05, 3.63) is 0 Å². The van der Waals surface area contributed by atoms with Crippen LogP contribution in [0.4, 0.5) is 0 Å². The van der Waals surface area contributed by atoms with Gasteiger partial charge in [0.1, 0.15) is 0 Å². The van der Waals surface area contributed by atoms with E-state index in [1.165, 1.54) is 12.8 Å². The first-order valence-corrected chi connectivity index (χ1v) is 5.58. The Balaban J connectivity index is 1.65. The maximum atomic E-state index is 11.6. The van der Waals surface area contributed by atoms with E-state index in [1.807, 2.05) is 0 Å². The second-order valence-electron chi connectivity index (χ2n) is 4.27. The van der Waals surface area contributed by atoms with Crippen molar-refractivity contribution in [1.82, 2.24) is 16.0 Å². The molecule has 14 heavy (non-hydrogen) atoms. The lowest BCUT2D eigenvalue weighted by molar-refractivity contribution is -0.123. The highest BCUT2D eigenvalue weighted by molar-refractivity contribution is 5.81. The van der Waals surface area contributed by atoms with Crippen molar-refractivity contribution in [1.29, 1.82) is 0 Å². The molecule has 0 aromatic heterocycles. The zero-order valence-corrected chi connectivity index (χ0v) is 8.51. The van der Waals surface area contributed by atoms with Crippen LogP contribution in [0.15, 0.2) is 0 Å². The van der Waals surface area contributed by atoms with Gasteiger partial charge in [0.2, 0.25) is 5.91 Å². The maximum absolute atomic E-state index is 11.6. The highest BCUT2D eigenvalue weighted by Gasteiger charge is 2.22. The molecule has 2 heterocycles. The predicted octanol–water partition coefficient (Wildman–Crippen LogP) is -0.536. The highest BCUT2D eigenvalue weighted by Crippen LogP contribution is 2.07. The topological polar surface area (TPSA) is 53.2 Å². The molecule has 2 aliphatic rings. The third kappa shape index (κ3) is 2.45. The summed E-state index contributed by atoms with van der Waals surface area (Å²) in [7, 11) is 0. The van der Waals surface area contributed by atoms with Crippen LogP contribution >= 0.6 is 0 Å². The van der Waals surface area contributed by atoms with E-state index in [4.69, 9.17) is 0 Å². The fraction of sp³-hybridized carbons (Fsp3) is 0.900. The third-order valence-corrected chi connectivity index (χ3v) is 3.06. The Kier molecular flexibility index (Phi) is 3.37. The smallest absolute Gasteiger partial charge is 0.237 e. The summed E-state index contributed by atoms with van der Waals surface area (Å²) >= 11 is 0. The standard InChI is InChI=1S/C10H19N3O/c14-10(9-3-1-2-4-12-9)13-7-8-5-11-6-8/h8-9,11-12H,1-7H2,(H,13,14)/t9-/m1/s1. The van der Waals surface area contributed by atoms with Crippen molar-refractivity contribution in [2.75, 3.05) is 26.2 Å². The van der Waals surface area contributed by atoms with Crippen LogP contribution in [0.3, 0.4) is 0 Å². The summed E-state index contributed by atoms with van der Waals surface area (Å²) in [5.41, 5.74) is 0. The third-order valence-electron chi connectivity index (χ3n) is 3.06. The van der Waals surface area contributed by atoms with E-state index in [0.29, 0.717) is 5.92 Å². The average molecular weight is 197 g/mol. The van der Waals surface area contributed by atoms with Gasteiger partial charge in [0.05, 0.1) is 6.04 Å². The molecule has 80 valence electrons. The molecule has 1 amide bonds. The number of carbonyl (C=O) groups excluding carboxylic acids is 1. The quantitative estimate of drug-likeness (QED) is 0.570. The second-order valence-corrected chi connectivity index (χ2v) is 4.27. The lowest BCUT2D eigenvalue weighted by Crippen LogP contribution is -2.52. The molecule has 0 aliphatic carbocycles. The van der Waals surface area contributed by atoms with E-state index in [2.05, 4.69) is 16.0 Å². The van der Waals surface area contributed by atoms with Gasteiger partial charge in [-0.05, 0) is 19.4 Å². The van der Waals surface area contributed by atoms with Crippen molar-refractivity contribution >= 4 is 5.91 Å². The monoisotopic (exact) mass is 197 g/mol. The lowest BCUT2D eigenvalue weighted by Gasteiger charge is -2.29. The first-order valence-electron chi connectivity index (χ1n) is 5.58. The van der Waals surface area contributed by atoms with Crippen LogP contribution in [0.1, 0.15) is 19.3 Å².